The molecule has 0 radical (unpaired) electrons. The van der Waals surface area contributed by atoms with Crippen molar-refractivity contribution in [2.24, 2.45) is 0 Å². The lowest BCUT2D eigenvalue weighted by molar-refractivity contribution is -0.127. The van der Waals surface area contributed by atoms with Gasteiger partial charge in [0.15, 0.2) is 0 Å². The lowest BCUT2D eigenvalue weighted by atomic mass is 9.87. The van der Waals surface area contributed by atoms with Crippen LogP contribution in [0.4, 0.5) is 0 Å². The maximum absolute atomic E-state index is 12.7. The second-order valence-electron chi connectivity index (χ2n) is 5.67. The number of aromatic carboxylic acids is 1. The summed E-state index contributed by atoms with van der Waals surface area (Å²) in [6.45, 7) is -0.00101. The van der Waals surface area contributed by atoms with Crippen molar-refractivity contribution in [1.29, 1.82) is 0 Å². The van der Waals surface area contributed by atoms with Gasteiger partial charge in [-0.05, 0) is 25.0 Å². The van der Waals surface area contributed by atoms with Gasteiger partial charge in [-0.1, -0.05) is 18.9 Å². The van der Waals surface area contributed by atoms with Crippen LogP contribution in [0.5, 0.6) is 0 Å². The zero-order chi connectivity index (χ0) is 15.7. The monoisotopic (exact) mass is 303 g/mol. The van der Waals surface area contributed by atoms with Crippen LogP contribution in [-0.2, 0) is 4.79 Å². The molecule has 0 aromatic carbocycles. The molecule has 2 N–H and O–H groups in total. The van der Waals surface area contributed by atoms with Gasteiger partial charge in [-0.2, -0.15) is 0 Å². The largest absolute Gasteiger partial charge is 0.477 e. The van der Waals surface area contributed by atoms with E-state index in [1.54, 1.807) is 0 Å². The van der Waals surface area contributed by atoms with Gasteiger partial charge in [0.2, 0.25) is 5.91 Å². The van der Waals surface area contributed by atoms with Crippen LogP contribution in [0.2, 0.25) is 0 Å². The van der Waals surface area contributed by atoms with Crippen LogP contribution < -0.4 is 5.32 Å². The van der Waals surface area contributed by atoms with E-state index < -0.39 is 5.97 Å². The minimum Gasteiger partial charge on any atom is -0.477 e. The Balaban J connectivity index is 1.87. The van der Waals surface area contributed by atoms with Crippen molar-refractivity contribution in [3.63, 3.8) is 0 Å². The first-order valence-electron chi connectivity index (χ1n) is 7.37. The maximum Gasteiger partial charge on any atom is 0.354 e. The molecule has 0 spiro atoms. The smallest absolute Gasteiger partial charge is 0.354 e. The summed E-state index contributed by atoms with van der Waals surface area (Å²) in [5.74, 6) is -1.73. The van der Waals surface area contributed by atoms with E-state index in [9.17, 15) is 14.4 Å². The van der Waals surface area contributed by atoms with E-state index in [1.165, 1.54) is 23.1 Å². The molecule has 2 amide bonds. The molecule has 2 unspecified atom stereocenters. The van der Waals surface area contributed by atoms with E-state index in [0.29, 0.717) is 0 Å². The van der Waals surface area contributed by atoms with Crippen molar-refractivity contribution in [2.75, 3.05) is 6.54 Å². The number of aromatic nitrogens is 1. The Hall–Kier alpha value is -2.44. The molecule has 1 aliphatic carbocycles. The summed E-state index contributed by atoms with van der Waals surface area (Å²) >= 11 is 0. The zero-order valence-electron chi connectivity index (χ0n) is 12.0. The summed E-state index contributed by atoms with van der Waals surface area (Å²) < 4.78 is 0. The molecule has 1 aliphatic heterocycles. The van der Waals surface area contributed by atoms with Crippen molar-refractivity contribution in [2.45, 2.75) is 37.8 Å². The third kappa shape index (κ3) is 2.66. The molecule has 2 atom stereocenters. The molecule has 2 aliphatic rings. The summed E-state index contributed by atoms with van der Waals surface area (Å²) in [6, 6.07) is 4.27. The van der Waals surface area contributed by atoms with Gasteiger partial charge >= 0.3 is 5.97 Å². The van der Waals surface area contributed by atoms with Crippen LogP contribution in [0, 0.1) is 0 Å². The normalized spacial score (nSPS) is 24.4. The number of amides is 2. The SMILES string of the molecule is O=C1CN(C(=O)c2cccc(C(=O)O)n2)C2CCCCC2N1. The molecule has 7 nitrogen and oxygen atoms in total. The third-order valence-corrected chi connectivity index (χ3v) is 4.24. The van der Waals surface area contributed by atoms with Crippen LogP contribution in [0.15, 0.2) is 18.2 Å². The highest BCUT2D eigenvalue weighted by Crippen LogP contribution is 2.26. The molecular formula is C15H17N3O4. The van der Waals surface area contributed by atoms with E-state index >= 15 is 0 Å². The lowest BCUT2D eigenvalue weighted by Crippen LogP contribution is -2.63. The fourth-order valence-electron chi connectivity index (χ4n) is 3.22. The van der Waals surface area contributed by atoms with E-state index in [-0.39, 0.29) is 41.8 Å². The van der Waals surface area contributed by atoms with Crippen LogP contribution in [0.1, 0.15) is 46.7 Å². The first-order chi connectivity index (χ1) is 10.6. The predicted molar refractivity (Wildman–Crippen MR) is 76.4 cm³/mol. The fraction of sp³-hybridized carbons (Fsp3) is 0.467. The highest BCUT2D eigenvalue weighted by atomic mass is 16.4. The molecule has 2 heterocycles. The topological polar surface area (TPSA) is 99.6 Å². The molecular weight excluding hydrogens is 286 g/mol. The first kappa shape index (κ1) is 14.5. The van der Waals surface area contributed by atoms with Crippen molar-refractivity contribution in [3.05, 3.63) is 29.6 Å². The summed E-state index contributed by atoms with van der Waals surface area (Å²) in [5, 5.41) is 11.9. The second-order valence-corrected chi connectivity index (χ2v) is 5.67. The van der Waals surface area contributed by atoms with Gasteiger partial charge in [-0.15, -0.1) is 0 Å². The number of carbonyl (C=O) groups excluding carboxylic acids is 2. The maximum atomic E-state index is 12.7. The quantitative estimate of drug-likeness (QED) is 0.836. The number of carboxylic acids is 1. The Kier molecular flexibility index (Phi) is 3.79. The summed E-state index contributed by atoms with van der Waals surface area (Å²) in [5.41, 5.74) is -0.105. The first-order valence-corrected chi connectivity index (χ1v) is 7.37. The van der Waals surface area contributed by atoms with E-state index in [4.69, 9.17) is 5.11 Å². The number of nitrogens with one attached hydrogen (secondary N) is 1. The molecule has 1 aromatic heterocycles. The Morgan fingerprint density at radius 3 is 2.73 bits per heavy atom. The number of carboxylic acid groups (broad SMARTS) is 1. The van der Waals surface area contributed by atoms with Crippen molar-refractivity contribution in [3.8, 4) is 0 Å². The molecule has 1 saturated heterocycles. The molecule has 2 fully saturated rings. The molecule has 22 heavy (non-hydrogen) atoms. The van der Waals surface area contributed by atoms with E-state index in [2.05, 4.69) is 10.3 Å². The Morgan fingerprint density at radius 2 is 1.95 bits per heavy atom. The van der Waals surface area contributed by atoms with Gasteiger partial charge in [0.05, 0.1) is 6.04 Å². The molecule has 116 valence electrons. The average molecular weight is 303 g/mol. The number of fused-ring (bicyclic) bond motifs is 1. The lowest BCUT2D eigenvalue weighted by Gasteiger charge is -2.43. The number of carbonyl (C=O) groups is 3. The minimum atomic E-state index is -1.18. The third-order valence-electron chi connectivity index (χ3n) is 4.24. The average Bonchev–Trinajstić information content (AvgIpc) is 2.53. The molecule has 1 aromatic rings. The second kappa shape index (κ2) is 5.75. The van der Waals surface area contributed by atoms with E-state index in [0.717, 1.165) is 25.7 Å². The number of hydrogen-bond donors (Lipinski definition) is 2. The predicted octanol–water partition coefficient (Wildman–Crippen LogP) is 0.663. The van der Waals surface area contributed by atoms with Crippen LogP contribution in [-0.4, -0.2) is 51.4 Å². The summed E-state index contributed by atoms with van der Waals surface area (Å²) in [7, 11) is 0. The van der Waals surface area contributed by atoms with Crippen LogP contribution in [0.25, 0.3) is 0 Å². The van der Waals surface area contributed by atoms with Crippen molar-refractivity contribution in [1.82, 2.24) is 15.2 Å². The molecule has 0 bridgehead atoms. The van der Waals surface area contributed by atoms with Gasteiger partial charge in [0, 0.05) is 6.04 Å². The Labute approximate surface area is 127 Å². The zero-order valence-corrected chi connectivity index (χ0v) is 12.0. The van der Waals surface area contributed by atoms with Gasteiger partial charge in [0.25, 0.3) is 5.91 Å². The number of hydrogen-bond acceptors (Lipinski definition) is 4. The number of piperazine rings is 1. The Bertz CT molecular complexity index is 631. The highest BCUT2D eigenvalue weighted by molar-refractivity contribution is 5.97. The van der Waals surface area contributed by atoms with E-state index in [1.807, 2.05) is 0 Å². The fourth-order valence-corrected chi connectivity index (χ4v) is 3.22. The number of pyridine rings is 1. The Morgan fingerprint density at radius 1 is 1.23 bits per heavy atom. The van der Waals surface area contributed by atoms with Gasteiger partial charge in [0.1, 0.15) is 17.9 Å². The van der Waals surface area contributed by atoms with Gasteiger partial charge in [-0.25, -0.2) is 9.78 Å². The standard InChI is InChI=1S/C15H17N3O4/c19-13-8-18(12-7-2-1-4-9(12)17-13)14(20)10-5-3-6-11(16-10)15(21)22/h3,5-6,9,12H,1-2,4,7-8H2,(H,17,19)(H,21,22). The summed E-state index contributed by atoms with van der Waals surface area (Å²) in [4.78, 5) is 40.9. The number of rotatable bonds is 2. The van der Waals surface area contributed by atoms with Crippen LogP contribution >= 0.6 is 0 Å². The number of nitrogens with zero attached hydrogens (tertiary/aromatic N) is 2. The van der Waals surface area contributed by atoms with Gasteiger partial charge in [-0.3, -0.25) is 9.59 Å². The van der Waals surface area contributed by atoms with Crippen molar-refractivity contribution >= 4 is 17.8 Å². The summed E-state index contributed by atoms with van der Waals surface area (Å²) in [6.07, 6.45) is 3.76. The van der Waals surface area contributed by atoms with Crippen molar-refractivity contribution < 1.29 is 19.5 Å². The highest BCUT2D eigenvalue weighted by Gasteiger charge is 2.39. The molecule has 7 heteroatoms. The van der Waals surface area contributed by atoms with Crippen LogP contribution in [0.3, 0.4) is 0 Å². The minimum absolute atomic E-state index is 0.00101. The van der Waals surface area contributed by atoms with Gasteiger partial charge < -0.3 is 15.3 Å². The molecule has 1 saturated carbocycles. The molecule has 3 rings (SSSR count).